The van der Waals surface area contributed by atoms with Crippen molar-refractivity contribution in [3.05, 3.63) is 29.3 Å². The molecular formula is C10H11BrN4O. The molecule has 0 spiro atoms. The fourth-order valence-corrected chi connectivity index (χ4v) is 1.66. The summed E-state index contributed by atoms with van der Waals surface area (Å²) in [6, 6.07) is 0. The van der Waals surface area contributed by atoms with Crippen LogP contribution in [0, 0.1) is 0 Å². The van der Waals surface area contributed by atoms with Crippen LogP contribution in [0.4, 0.5) is 5.69 Å². The van der Waals surface area contributed by atoms with E-state index in [9.17, 15) is 0 Å². The number of anilines is 1. The van der Waals surface area contributed by atoms with Gasteiger partial charge in [0, 0.05) is 12.7 Å². The number of halogens is 1. The smallest absolute Gasteiger partial charge is 0.167 e. The first-order chi connectivity index (χ1) is 7.70. The molecule has 16 heavy (non-hydrogen) atoms. The number of hydrogen-bond donors (Lipinski definition) is 1. The highest BCUT2D eigenvalue weighted by Gasteiger charge is 2.08. The summed E-state index contributed by atoms with van der Waals surface area (Å²) in [5.74, 6) is 1.21. The topological polar surface area (TPSA) is 66.0 Å². The molecule has 5 nitrogen and oxygen atoms in total. The summed E-state index contributed by atoms with van der Waals surface area (Å²) in [5, 5.41) is 4.11. The van der Waals surface area contributed by atoms with Gasteiger partial charge in [-0.25, -0.2) is 0 Å². The molecule has 0 fully saturated rings. The molecule has 0 unspecified atom stereocenters. The maximum absolute atomic E-state index is 5.76. The second-order valence-corrected chi connectivity index (χ2v) is 4.03. The molecule has 0 amide bonds. The number of rotatable bonds is 3. The summed E-state index contributed by atoms with van der Waals surface area (Å²) in [4.78, 5) is 3.93. The van der Waals surface area contributed by atoms with Gasteiger partial charge in [0.15, 0.2) is 11.5 Å². The van der Waals surface area contributed by atoms with Gasteiger partial charge in [0.25, 0.3) is 0 Å². The van der Waals surface area contributed by atoms with Crippen molar-refractivity contribution in [2.45, 2.75) is 13.5 Å². The number of pyridine rings is 1. The molecule has 6 heteroatoms. The van der Waals surface area contributed by atoms with Crippen LogP contribution in [0.25, 0.3) is 0 Å². The third-order valence-corrected chi connectivity index (χ3v) is 2.60. The van der Waals surface area contributed by atoms with Crippen molar-refractivity contribution in [3.8, 4) is 11.5 Å². The van der Waals surface area contributed by atoms with Crippen molar-refractivity contribution in [2.75, 3.05) is 5.73 Å². The maximum Gasteiger partial charge on any atom is 0.167 e. The van der Waals surface area contributed by atoms with Crippen molar-refractivity contribution >= 4 is 21.6 Å². The van der Waals surface area contributed by atoms with E-state index in [-0.39, 0.29) is 0 Å². The molecule has 2 aromatic rings. The molecule has 0 aliphatic rings. The lowest BCUT2D eigenvalue weighted by Crippen LogP contribution is -1.94. The molecule has 0 bridgehead atoms. The number of ether oxygens (including phenoxy) is 1. The van der Waals surface area contributed by atoms with Crippen LogP contribution in [0.15, 0.2) is 29.3 Å². The predicted molar refractivity (Wildman–Crippen MR) is 64.3 cm³/mol. The van der Waals surface area contributed by atoms with E-state index in [0.717, 1.165) is 11.0 Å². The van der Waals surface area contributed by atoms with Crippen LogP contribution >= 0.6 is 15.9 Å². The minimum atomic E-state index is 0.485. The van der Waals surface area contributed by atoms with E-state index in [1.54, 1.807) is 23.3 Å². The normalized spacial score (nSPS) is 10.4. The van der Waals surface area contributed by atoms with Gasteiger partial charge in [-0.2, -0.15) is 5.10 Å². The predicted octanol–water partition coefficient (Wildman–Crippen LogP) is 2.44. The van der Waals surface area contributed by atoms with E-state index in [4.69, 9.17) is 10.5 Å². The third-order valence-electron chi connectivity index (χ3n) is 2.03. The zero-order valence-corrected chi connectivity index (χ0v) is 10.3. The average Bonchev–Trinajstić information content (AvgIpc) is 2.71. The summed E-state index contributed by atoms with van der Waals surface area (Å²) < 4.78 is 8.12. The third kappa shape index (κ3) is 2.16. The number of nitrogens with zero attached hydrogens (tertiary/aromatic N) is 3. The quantitative estimate of drug-likeness (QED) is 0.939. The Hall–Kier alpha value is -1.56. The minimum Gasteiger partial charge on any atom is -0.451 e. The summed E-state index contributed by atoms with van der Waals surface area (Å²) in [7, 11) is 0. The highest BCUT2D eigenvalue weighted by atomic mass is 79.9. The van der Waals surface area contributed by atoms with Gasteiger partial charge in [-0.3, -0.25) is 9.67 Å². The molecule has 0 saturated carbocycles. The lowest BCUT2D eigenvalue weighted by molar-refractivity contribution is 0.480. The van der Waals surface area contributed by atoms with Crippen LogP contribution < -0.4 is 10.5 Å². The fraction of sp³-hybridized carbons (Fsp3) is 0.200. The number of nitrogen functional groups attached to an aromatic ring is 1. The SMILES string of the molecule is CCn1cc(Oc2c(N)cncc2Br)cn1. The standard InChI is InChI=1S/C10H11BrN4O/c1-2-15-6-7(3-14-15)16-10-8(11)4-13-5-9(10)12/h3-6H,2,12H2,1H3. The van der Waals surface area contributed by atoms with Crippen molar-refractivity contribution in [1.29, 1.82) is 0 Å². The first-order valence-electron chi connectivity index (χ1n) is 4.80. The average molecular weight is 283 g/mol. The van der Waals surface area contributed by atoms with Crippen molar-refractivity contribution in [3.63, 3.8) is 0 Å². The molecular weight excluding hydrogens is 272 g/mol. The molecule has 2 aromatic heterocycles. The van der Waals surface area contributed by atoms with Crippen LogP contribution in [0.5, 0.6) is 11.5 Å². The van der Waals surface area contributed by atoms with Gasteiger partial charge in [0.2, 0.25) is 0 Å². The molecule has 0 radical (unpaired) electrons. The van der Waals surface area contributed by atoms with Gasteiger partial charge in [-0.05, 0) is 22.9 Å². The number of aromatic nitrogens is 3. The second kappa shape index (κ2) is 4.52. The lowest BCUT2D eigenvalue weighted by Gasteiger charge is -2.07. The van der Waals surface area contributed by atoms with Gasteiger partial charge in [-0.1, -0.05) is 0 Å². The van der Waals surface area contributed by atoms with Gasteiger partial charge in [-0.15, -0.1) is 0 Å². The number of aryl methyl sites for hydroxylation is 1. The van der Waals surface area contributed by atoms with Crippen molar-refractivity contribution in [2.24, 2.45) is 0 Å². The van der Waals surface area contributed by atoms with E-state index in [0.29, 0.717) is 17.2 Å². The van der Waals surface area contributed by atoms with Gasteiger partial charge in [0.1, 0.15) is 0 Å². The zero-order chi connectivity index (χ0) is 11.5. The van der Waals surface area contributed by atoms with Gasteiger partial charge >= 0.3 is 0 Å². The van der Waals surface area contributed by atoms with E-state index >= 15 is 0 Å². The molecule has 0 atom stereocenters. The Morgan fingerprint density at radius 2 is 2.25 bits per heavy atom. The molecule has 0 aliphatic heterocycles. The molecule has 84 valence electrons. The Labute approximate surface area is 101 Å². The van der Waals surface area contributed by atoms with E-state index < -0.39 is 0 Å². The van der Waals surface area contributed by atoms with Gasteiger partial charge < -0.3 is 10.5 Å². The second-order valence-electron chi connectivity index (χ2n) is 3.17. The molecule has 0 aromatic carbocycles. The summed E-state index contributed by atoms with van der Waals surface area (Å²) in [6.07, 6.45) is 6.64. The molecule has 2 rings (SSSR count). The monoisotopic (exact) mass is 282 g/mol. The first-order valence-corrected chi connectivity index (χ1v) is 5.59. The maximum atomic E-state index is 5.76. The summed E-state index contributed by atoms with van der Waals surface area (Å²) >= 11 is 3.33. The van der Waals surface area contributed by atoms with Crippen LogP contribution in [-0.4, -0.2) is 14.8 Å². The van der Waals surface area contributed by atoms with Crippen molar-refractivity contribution in [1.82, 2.24) is 14.8 Å². The summed E-state index contributed by atoms with van der Waals surface area (Å²) in [6.45, 7) is 2.81. The molecule has 2 N–H and O–H groups in total. The zero-order valence-electron chi connectivity index (χ0n) is 8.72. The van der Waals surface area contributed by atoms with Crippen LogP contribution in [0.3, 0.4) is 0 Å². The highest BCUT2D eigenvalue weighted by Crippen LogP contribution is 2.33. The summed E-state index contributed by atoms with van der Waals surface area (Å²) in [5.41, 5.74) is 6.25. The van der Waals surface area contributed by atoms with Crippen molar-refractivity contribution < 1.29 is 4.74 Å². The van der Waals surface area contributed by atoms with Crippen LogP contribution in [0.2, 0.25) is 0 Å². The Morgan fingerprint density at radius 1 is 1.44 bits per heavy atom. The van der Waals surface area contributed by atoms with Crippen LogP contribution in [-0.2, 0) is 6.54 Å². The Morgan fingerprint density at radius 3 is 2.88 bits per heavy atom. The Balaban J connectivity index is 2.26. The Bertz CT molecular complexity index is 477. The highest BCUT2D eigenvalue weighted by molar-refractivity contribution is 9.10. The lowest BCUT2D eigenvalue weighted by atomic mass is 10.4. The van der Waals surface area contributed by atoms with E-state index in [1.807, 2.05) is 13.1 Å². The van der Waals surface area contributed by atoms with E-state index in [1.165, 1.54) is 0 Å². The van der Waals surface area contributed by atoms with Gasteiger partial charge in [0.05, 0.1) is 28.8 Å². The Kier molecular flexibility index (Phi) is 3.09. The minimum absolute atomic E-state index is 0.485. The molecule has 0 saturated heterocycles. The molecule has 2 heterocycles. The van der Waals surface area contributed by atoms with Crippen LogP contribution in [0.1, 0.15) is 6.92 Å². The number of nitrogens with two attached hydrogens (primary N) is 1. The van der Waals surface area contributed by atoms with E-state index in [2.05, 4.69) is 26.0 Å². The fourth-order valence-electron chi connectivity index (χ4n) is 1.23. The molecule has 0 aliphatic carbocycles. The largest absolute Gasteiger partial charge is 0.451 e. The number of hydrogen-bond acceptors (Lipinski definition) is 4. The first kappa shape index (κ1) is 10.9.